The van der Waals surface area contributed by atoms with E-state index in [9.17, 15) is 14.4 Å². The molecule has 0 spiro atoms. The summed E-state index contributed by atoms with van der Waals surface area (Å²) in [5.74, 6) is -1.23. The van der Waals surface area contributed by atoms with Gasteiger partial charge in [0.25, 0.3) is 11.8 Å². The average Bonchev–Trinajstić information content (AvgIpc) is 3.30. The molecule has 0 aliphatic carbocycles. The average molecular weight is 363 g/mol. The second-order valence-corrected chi connectivity index (χ2v) is 6.90. The smallest absolute Gasteiger partial charge is 0.262 e. The molecule has 1 N–H and O–H groups in total. The normalized spacial score (nSPS) is 17.2. The quantitative estimate of drug-likeness (QED) is 0.848. The lowest BCUT2D eigenvalue weighted by molar-refractivity contribution is -0.119. The summed E-state index contributed by atoms with van der Waals surface area (Å²) in [7, 11) is 0. The molecule has 1 saturated heterocycles. The maximum absolute atomic E-state index is 12.8. The summed E-state index contributed by atoms with van der Waals surface area (Å²) in [4.78, 5) is 41.3. The number of hydrogen-bond acceptors (Lipinski definition) is 4. The van der Waals surface area contributed by atoms with E-state index in [1.807, 2.05) is 24.3 Å². The lowest BCUT2D eigenvalue weighted by Crippen LogP contribution is -2.45. The van der Waals surface area contributed by atoms with Crippen molar-refractivity contribution in [2.45, 2.75) is 25.8 Å². The zero-order chi connectivity index (χ0) is 19.0. The Balaban J connectivity index is 1.55. The Bertz CT molecular complexity index is 883. The number of imide groups is 1. The molecule has 0 saturated carbocycles. The van der Waals surface area contributed by atoms with E-state index in [0.717, 1.165) is 36.5 Å². The number of carbonyl (C=O) groups excluding carboxylic acids is 3. The first-order valence-corrected chi connectivity index (χ1v) is 9.19. The molecule has 6 heteroatoms. The molecule has 2 aliphatic heterocycles. The number of nitrogens with one attached hydrogen (secondary N) is 1. The molecule has 4 rings (SSSR count). The fourth-order valence-electron chi connectivity index (χ4n) is 3.73. The largest absolute Gasteiger partial charge is 0.370 e. The van der Waals surface area contributed by atoms with Gasteiger partial charge in [-0.2, -0.15) is 0 Å². The summed E-state index contributed by atoms with van der Waals surface area (Å²) in [5, 5.41) is 2.91. The van der Waals surface area contributed by atoms with Gasteiger partial charge in [0, 0.05) is 13.1 Å². The molecule has 6 nitrogen and oxygen atoms in total. The summed E-state index contributed by atoms with van der Waals surface area (Å²) < 4.78 is 0. The van der Waals surface area contributed by atoms with Crippen molar-refractivity contribution in [3.05, 3.63) is 59.7 Å². The van der Waals surface area contributed by atoms with Gasteiger partial charge in [-0.3, -0.25) is 19.3 Å². The first-order chi connectivity index (χ1) is 13.1. The standard InChI is InChI=1S/C21H21N3O3/c1-14(24-20(26)15-8-2-3-9-16(15)21(24)27)19(25)22-17-10-4-5-11-18(17)23-12-6-7-13-23/h2-5,8-11,14H,6-7,12-13H2,1H3,(H,22,25)/t14-/m0/s1. The van der Waals surface area contributed by atoms with E-state index < -0.39 is 17.9 Å². The Morgan fingerprint density at radius 1 is 0.926 bits per heavy atom. The molecule has 0 bridgehead atoms. The molecule has 3 amide bonds. The van der Waals surface area contributed by atoms with E-state index in [2.05, 4.69) is 10.2 Å². The zero-order valence-electron chi connectivity index (χ0n) is 15.1. The van der Waals surface area contributed by atoms with Gasteiger partial charge in [-0.25, -0.2) is 0 Å². The molecule has 2 heterocycles. The number of rotatable bonds is 4. The molecule has 1 atom stereocenters. The van der Waals surface area contributed by atoms with Gasteiger partial charge in [0.2, 0.25) is 5.91 Å². The van der Waals surface area contributed by atoms with Crippen molar-refractivity contribution in [1.82, 2.24) is 4.90 Å². The maximum Gasteiger partial charge on any atom is 0.262 e. The van der Waals surface area contributed by atoms with Crippen LogP contribution in [0.1, 0.15) is 40.5 Å². The van der Waals surface area contributed by atoms with Gasteiger partial charge in [0.15, 0.2) is 0 Å². The summed E-state index contributed by atoms with van der Waals surface area (Å²) in [6.45, 7) is 3.50. The van der Waals surface area contributed by atoms with Crippen LogP contribution in [0, 0.1) is 0 Å². The van der Waals surface area contributed by atoms with Gasteiger partial charge >= 0.3 is 0 Å². The first-order valence-electron chi connectivity index (χ1n) is 9.19. The van der Waals surface area contributed by atoms with Crippen molar-refractivity contribution < 1.29 is 14.4 Å². The van der Waals surface area contributed by atoms with Gasteiger partial charge in [-0.1, -0.05) is 24.3 Å². The minimum atomic E-state index is -0.899. The predicted molar refractivity (Wildman–Crippen MR) is 103 cm³/mol. The number of amides is 3. The van der Waals surface area contributed by atoms with Crippen LogP contribution in [0.25, 0.3) is 0 Å². The van der Waals surface area contributed by atoms with Crippen molar-refractivity contribution in [3.8, 4) is 0 Å². The number of nitrogens with zero attached hydrogens (tertiary/aromatic N) is 2. The highest BCUT2D eigenvalue weighted by Gasteiger charge is 2.40. The van der Waals surface area contributed by atoms with Crippen LogP contribution in [-0.2, 0) is 4.79 Å². The van der Waals surface area contributed by atoms with Crippen molar-refractivity contribution >= 4 is 29.1 Å². The molecule has 138 valence electrons. The van der Waals surface area contributed by atoms with E-state index in [-0.39, 0.29) is 5.91 Å². The molecular weight excluding hydrogens is 342 g/mol. The van der Waals surface area contributed by atoms with Crippen molar-refractivity contribution in [2.75, 3.05) is 23.3 Å². The van der Waals surface area contributed by atoms with E-state index in [1.165, 1.54) is 0 Å². The third kappa shape index (κ3) is 2.97. The number of carbonyl (C=O) groups is 3. The summed E-state index contributed by atoms with van der Waals surface area (Å²) in [6.07, 6.45) is 2.27. The van der Waals surface area contributed by atoms with E-state index in [1.54, 1.807) is 31.2 Å². The Labute approximate surface area is 157 Å². The van der Waals surface area contributed by atoms with Crippen LogP contribution in [-0.4, -0.2) is 41.8 Å². The minimum Gasteiger partial charge on any atom is -0.370 e. The number of benzene rings is 2. The van der Waals surface area contributed by atoms with Crippen LogP contribution in [0.15, 0.2) is 48.5 Å². The van der Waals surface area contributed by atoms with Crippen LogP contribution in [0.4, 0.5) is 11.4 Å². The van der Waals surface area contributed by atoms with Gasteiger partial charge in [-0.15, -0.1) is 0 Å². The number of para-hydroxylation sites is 2. The van der Waals surface area contributed by atoms with Crippen molar-refractivity contribution in [1.29, 1.82) is 0 Å². The molecule has 0 radical (unpaired) electrons. The summed E-state index contributed by atoms with van der Waals surface area (Å²) in [6, 6.07) is 13.4. The molecule has 2 aliphatic rings. The molecule has 2 aromatic rings. The van der Waals surface area contributed by atoms with E-state index in [0.29, 0.717) is 16.8 Å². The van der Waals surface area contributed by atoms with Crippen LogP contribution in [0.2, 0.25) is 0 Å². The lowest BCUT2D eigenvalue weighted by atomic mass is 10.1. The topological polar surface area (TPSA) is 69.7 Å². The predicted octanol–water partition coefficient (Wildman–Crippen LogP) is 2.91. The van der Waals surface area contributed by atoms with Crippen molar-refractivity contribution in [2.24, 2.45) is 0 Å². The molecule has 0 aromatic heterocycles. The van der Waals surface area contributed by atoms with Crippen LogP contribution in [0.5, 0.6) is 0 Å². The fraction of sp³-hybridized carbons (Fsp3) is 0.286. The third-order valence-corrected chi connectivity index (χ3v) is 5.20. The van der Waals surface area contributed by atoms with E-state index >= 15 is 0 Å². The maximum atomic E-state index is 12.8. The zero-order valence-corrected chi connectivity index (χ0v) is 15.1. The second-order valence-electron chi connectivity index (χ2n) is 6.90. The van der Waals surface area contributed by atoms with Crippen LogP contribution >= 0.6 is 0 Å². The Morgan fingerprint density at radius 2 is 1.48 bits per heavy atom. The molecule has 1 fully saturated rings. The lowest BCUT2D eigenvalue weighted by Gasteiger charge is -2.25. The minimum absolute atomic E-state index is 0.347. The summed E-state index contributed by atoms with van der Waals surface area (Å²) in [5.41, 5.74) is 2.37. The molecule has 27 heavy (non-hydrogen) atoms. The van der Waals surface area contributed by atoms with Gasteiger partial charge < -0.3 is 10.2 Å². The van der Waals surface area contributed by atoms with Crippen LogP contribution < -0.4 is 10.2 Å². The second kappa shape index (κ2) is 6.87. The summed E-state index contributed by atoms with van der Waals surface area (Å²) >= 11 is 0. The van der Waals surface area contributed by atoms with Crippen LogP contribution in [0.3, 0.4) is 0 Å². The Hall–Kier alpha value is -3.15. The number of hydrogen-bond donors (Lipinski definition) is 1. The highest BCUT2D eigenvalue weighted by molar-refractivity contribution is 6.23. The third-order valence-electron chi connectivity index (χ3n) is 5.20. The Kier molecular flexibility index (Phi) is 4.39. The van der Waals surface area contributed by atoms with Gasteiger partial charge in [0.05, 0.1) is 22.5 Å². The highest BCUT2D eigenvalue weighted by atomic mass is 16.2. The highest BCUT2D eigenvalue weighted by Crippen LogP contribution is 2.30. The van der Waals surface area contributed by atoms with Gasteiger partial charge in [0.1, 0.15) is 6.04 Å². The molecule has 2 aromatic carbocycles. The van der Waals surface area contributed by atoms with E-state index in [4.69, 9.17) is 0 Å². The van der Waals surface area contributed by atoms with Gasteiger partial charge in [-0.05, 0) is 44.0 Å². The monoisotopic (exact) mass is 363 g/mol. The SMILES string of the molecule is C[C@@H](C(=O)Nc1ccccc1N1CCCC1)N1C(=O)c2ccccc2C1=O. The number of anilines is 2. The Morgan fingerprint density at radius 3 is 2.11 bits per heavy atom. The number of fused-ring (bicyclic) bond motifs is 1. The molecule has 0 unspecified atom stereocenters. The first kappa shape index (κ1) is 17.3. The fourth-order valence-corrected chi connectivity index (χ4v) is 3.73. The van der Waals surface area contributed by atoms with Crippen molar-refractivity contribution in [3.63, 3.8) is 0 Å². The molecular formula is C21H21N3O3.